The van der Waals surface area contributed by atoms with Gasteiger partial charge in [0, 0.05) is 44.0 Å². The average molecular weight is 462 g/mol. The van der Waals surface area contributed by atoms with Crippen LogP contribution in [0.2, 0.25) is 0 Å². The van der Waals surface area contributed by atoms with Gasteiger partial charge in [-0.25, -0.2) is 8.78 Å². The molecule has 2 unspecified atom stereocenters. The first kappa shape index (κ1) is 22.3. The Morgan fingerprint density at radius 3 is 2.70 bits per heavy atom. The molecule has 178 valence electrons. The lowest BCUT2D eigenvalue weighted by molar-refractivity contribution is -0.136. The number of fused-ring (bicyclic) bond motifs is 1. The van der Waals surface area contributed by atoms with Crippen LogP contribution in [0.5, 0.6) is 5.75 Å². The standard InChI is InChI=1S/C24H29F2N3O4/c25-24(26)10-15(11-24)12-28-8-2-1-3-17(28)14-33-18-4-5-19-16(9-18)13-29(23(19)32)20-6-7-21(30)27-22(20)31/h4-5,9,15,17,20H,1-3,6-8,10-14H2,(H,27,30,31). The van der Waals surface area contributed by atoms with Crippen molar-refractivity contribution < 1.29 is 27.9 Å². The fraction of sp³-hybridized carbons (Fsp3) is 0.625. The quantitative estimate of drug-likeness (QED) is 0.659. The fourth-order valence-corrected chi connectivity index (χ4v) is 5.57. The third-order valence-corrected chi connectivity index (χ3v) is 7.35. The van der Waals surface area contributed by atoms with E-state index in [2.05, 4.69) is 10.2 Å². The van der Waals surface area contributed by atoms with E-state index in [4.69, 9.17) is 4.74 Å². The van der Waals surface area contributed by atoms with Gasteiger partial charge in [-0.3, -0.25) is 24.6 Å². The molecule has 2 atom stereocenters. The molecular weight excluding hydrogens is 432 g/mol. The van der Waals surface area contributed by atoms with Gasteiger partial charge in [0.25, 0.3) is 5.91 Å². The summed E-state index contributed by atoms with van der Waals surface area (Å²) < 4.78 is 32.5. The summed E-state index contributed by atoms with van der Waals surface area (Å²) in [5, 5.41) is 2.31. The number of piperidine rings is 2. The number of rotatable bonds is 6. The number of hydrogen-bond acceptors (Lipinski definition) is 5. The molecular formula is C24H29F2N3O4. The summed E-state index contributed by atoms with van der Waals surface area (Å²) in [5.41, 5.74) is 1.36. The van der Waals surface area contributed by atoms with E-state index in [0.717, 1.165) is 31.4 Å². The number of alkyl halides is 2. The number of nitrogens with one attached hydrogen (secondary N) is 1. The highest BCUT2D eigenvalue weighted by molar-refractivity contribution is 6.05. The van der Waals surface area contributed by atoms with E-state index in [9.17, 15) is 23.2 Å². The van der Waals surface area contributed by atoms with Gasteiger partial charge in [-0.1, -0.05) is 6.42 Å². The highest BCUT2D eigenvalue weighted by Crippen LogP contribution is 2.43. The van der Waals surface area contributed by atoms with E-state index in [1.807, 2.05) is 6.07 Å². The smallest absolute Gasteiger partial charge is 0.255 e. The third-order valence-electron chi connectivity index (χ3n) is 7.35. The molecule has 7 nitrogen and oxygen atoms in total. The maximum atomic E-state index is 13.2. The minimum absolute atomic E-state index is 0.0143. The third kappa shape index (κ3) is 4.60. The van der Waals surface area contributed by atoms with Crippen LogP contribution in [-0.4, -0.2) is 65.2 Å². The maximum Gasteiger partial charge on any atom is 0.255 e. The number of carbonyl (C=O) groups is 3. The molecule has 1 aliphatic carbocycles. The van der Waals surface area contributed by atoms with Crippen LogP contribution >= 0.6 is 0 Å². The number of benzene rings is 1. The first-order chi connectivity index (χ1) is 15.8. The Labute approximate surface area is 191 Å². The number of carbonyl (C=O) groups excluding carboxylic acids is 3. The van der Waals surface area contributed by atoms with Gasteiger partial charge in [0.15, 0.2) is 0 Å². The molecule has 33 heavy (non-hydrogen) atoms. The Morgan fingerprint density at radius 2 is 1.94 bits per heavy atom. The molecule has 0 aromatic heterocycles. The fourth-order valence-electron chi connectivity index (χ4n) is 5.57. The number of hydrogen-bond donors (Lipinski definition) is 1. The van der Waals surface area contributed by atoms with Gasteiger partial charge >= 0.3 is 0 Å². The van der Waals surface area contributed by atoms with Gasteiger partial charge in [-0.05, 0) is 55.5 Å². The number of nitrogens with zero attached hydrogens (tertiary/aromatic N) is 2. The van der Waals surface area contributed by atoms with E-state index in [1.54, 1.807) is 12.1 Å². The molecule has 5 rings (SSSR count). The van der Waals surface area contributed by atoms with Crippen molar-refractivity contribution in [1.82, 2.24) is 15.1 Å². The summed E-state index contributed by atoms with van der Waals surface area (Å²) >= 11 is 0. The molecule has 0 spiro atoms. The summed E-state index contributed by atoms with van der Waals surface area (Å²) in [7, 11) is 0. The van der Waals surface area contributed by atoms with Gasteiger partial charge in [0.1, 0.15) is 18.4 Å². The van der Waals surface area contributed by atoms with Crippen molar-refractivity contribution >= 4 is 17.7 Å². The Kier molecular flexibility index (Phi) is 5.84. The monoisotopic (exact) mass is 461 g/mol. The number of imide groups is 1. The lowest BCUT2D eigenvalue weighted by atomic mass is 9.80. The van der Waals surface area contributed by atoms with Crippen molar-refractivity contribution in [2.24, 2.45) is 5.92 Å². The molecule has 0 radical (unpaired) electrons. The Bertz CT molecular complexity index is 961. The zero-order valence-corrected chi connectivity index (χ0v) is 18.5. The first-order valence-electron chi connectivity index (χ1n) is 11.8. The van der Waals surface area contributed by atoms with Gasteiger partial charge in [0.2, 0.25) is 17.7 Å². The van der Waals surface area contributed by atoms with Gasteiger partial charge in [-0.2, -0.15) is 0 Å². The Balaban J connectivity index is 1.19. The minimum atomic E-state index is -2.49. The number of ether oxygens (including phenoxy) is 1. The summed E-state index contributed by atoms with van der Waals surface area (Å²) in [4.78, 5) is 40.3. The normalized spacial score (nSPS) is 27.8. The predicted octanol–water partition coefficient (Wildman–Crippen LogP) is 2.73. The van der Waals surface area contributed by atoms with Crippen LogP contribution < -0.4 is 10.1 Å². The van der Waals surface area contributed by atoms with Crippen molar-refractivity contribution in [1.29, 1.82) is 0 Å². The van der Waals surface area contributed by atoms with E-state index < -0.39 is 17.9 Å². The van der Waals surface area contributed by atoms with E-state index >= 15 is 0 Å². The molecule has 3 aliphatic heterocycles. The molecule has 9 heteroatoms. The van der Waals surface area contributed by atoms with Gasteiger partial charge in [-0.15, -0.1) is 0 Å². The molecule has 3 amide bonds. The molecule has 1 saturated carbocycles. The van der Waals surface area contributed by atoms with Crippen LogP contribution in [0.25, 0.3) is 0 Å². The SMILES string of the molecule is O=C1CCC(N2Cc3cc(OCC4CCCCN4CC4CC(F)(F)C4)ccc3C2=O)C(=O)N1. The second kappa shape index (κ2) is 8.66. The first-order valence-corrected chi connectivity index (χ1v) is 11.8. The number of likely N-dealkylation sites (tertiary alicyclic amines) is 1. The maximum absolute atomic E-state index is 13.2. The molecule has 2 saturated heterocycles. The Hall–Kier alpha value is -2.55. The summed E-state index contributed by atoms with van der Waals surface area (Å²) in [6.45, 7) is 2.40. The van der Waals surface area contributed by atoms with Crippen molar-refractivity contribution in [2.45, 2.75) is 69.5 Å². The topological polar surface area (TPSA) is 79.0 Å². The zero-order valence-electron chi connectivity index (χ0n) is 18.5. The molecule has 3 fully saturated rings. The summed E-state index contributed by atoms with van der Waals surface area (Å²) in [5.74, 6) is -2.71. The highest BCUT2D eigenvalue weighted by Gasteiger charge is 2.46. The van der Waals surface area contributed by atoms with Crippen molar-refractivity contribution in [3.05, 3.63) is 29.3 Å². The van der Waals surface area contributed by atoms with Crippen molar-refractivity contribution in [3.63, 3.8) is 0 Å². The second-order valence-electron chi connectivity index (χ2n) is 9.80. The molecule has 4 aliphatic rings. The molecule has 1 N–H and O–H groups in total. The van der Waals surface area contributed by atoms with Gasteiger partial charge in [0.05, 0.1) is 0 Å². The van der Waals surface area contributed by atoms with E-state index in [1.165, 1.54) is 4.90 Å². The highest BCUT2D eigenvalue weighted by atomic mass is 19.3. The van der Waals surface area contributed by atoms with Crippen LogP contribution in [0.1, 0.15) is 60.9 Å². The van der Waals surface area contributed by atoms with Crippen LogP contribution in [0.3, 0.4) is 0 Å². The summed E-state index contributed by atoms with van der Waals surface area (Å²) in [6, 6.07) is 4.90. The number of amides is 3. The van der Waals surface area contributed by atoms with Crippen LogP contribution in [0.4, 0.5) is 8.78 Å². The Morgan fingerprint density at radius 1 is 1.12 bits per heavy atom. The lowest BCUT2D eigenvalue weighted by Gasteiger charge is -2.42. The predicted molar refractivity (Wildman–Crippen MR) is 115 cm³/mol. The van der Waals surface area contributed by atoms with E-state index in [-0.39, 0.29) is 43.0 Å². The second-order valence-corrected chi connectivity index (χ2v) is 9.80. The molecule has 0 bridgehead atoms. The van der Waals surface area contributed by atoms with Crippen LogP contribution in [-0.2, 0) is 16.1 Å². The lowest BCUT2D eigenvalue weighted by Crippen LogP contribution is -2.52. The minimum Gasteiger partial charge on any atom is -0.492 e. The van der Waals surface area contributed by atoms with Crippen LogP contribution in [0, 0.1) is 5.92 Å². The van der Waals surface area contributed by atoms with Crippen molar-refractivity contribution in [3.8, 4) is 5.75 Å². The van der Waals surface area contributed by atoms with Crippen LogP contribution in [0.15, 0.2) is 18.2 Å². The van der Waals surface area contributed by atoms with E-state index in [0.29, 0.717) is 37.4 Å². The molecule has 1 aromatic carbocycles. The summed E-state index contributed by atoms with van der Waals surface area (Å²) in [6.07, 6.45) is 3.69. The average Bonchev–Trinajstić information content (AvgIpc) is 3.07. The molecule has 3 heterocycles. The largest absolute Gasteiger partial charge is 0.492 e. The zero-order chi connectivity index (χ0) is 23.2. The number of halogens is 2. The molecule has 1 aromatic rings. The van der Waals surface area contributed by atoms with Crippen molar-refractivity contribution in [2.75, 3.05) is 19.7 Å². The van der Waals surface area contributed by atoms with Gasteiger partial charge < -0.3 is 9.64 Å².